The van der Waals surface area contributed by atoms with Gasteiger partial charge in [0.1, 0.15) is 0 Å². The van der Waals surface area contributed by atoms with Crippen LogP contribution in [0.25, 0.3) is 10.2 Å². The van der Waals surface area contributed by atoms with Gasteiger partial charge in [-0.1, -0.05) is 20.8 Å². The van der Waals surface area contributed by atoms with Crippen molar-refractivity contribution in [3.63, 3.8) is 0 Å². The molecule has 1 amide bonds. The van der Waals surface area contributed by atoms with Gasteiger partial charge in [0, 0.05) is 11.1 Å². The molecule has 0 aliphatic carbocycles. The molecule has 0 saturated carbocycles. The van der Waals surface area contributed by atoms with Gasteiger partial charge in [-0.05, 0) is 25.1 Å². The highest BCUT2D eigenvalue weighted by molar-refractivity contribution is 7.18. The van der Waals surface area contributed by atoms with Crippen molar-refractivity contribution in [2.75, 3.05) is 5.32 Å². The Balaban J connectivity index is 0.00000200. The van der Waals surface area contributed by atoms with Crippen molar-refractivity contribution in [1.82, 2.24) is 4.98 Å². The van der Waals surface area contributed by atoms with Crippen LogP contribution >= 0.6 is 23.7 Å². The maximum atomic E-state index is 11.6. The summed E-state index contributed by atoms with van der Waals surface area (Å²) in [6, 6.07) is 5.22. The monoisotopic (exact) mass is 313 g/mol. The van der Waals surface area contributed by atoms with Crippen molar-refractivity contribution in [3.05, 3.63) is 23.2 Å². The molecule has 0 saturated heterocycles. The number of nitrogens with one attached hydrogen (secondary N) is 1. The molecule has 1 atom stereocenters. The van der Waals surface area contributed by atoms with Crippen LogP contribution in [0.1, 0.15) is 32.7 Å². The van der Waals surface area contributed by atoms with Crippen LogP contribution in [0, 0.1) is 0 Å². The summed E-state index contributed by atoms with van der Waals surface area (Å²) in [7, 11) is 0. The number of fused-ring (bicyclic) bond motifs is 1. The maximum absolute atomic E-state index is 11.6. The molecule has 1 aromatic carbocycles. The molecule has 0 unspecified atom stereocenters. The number of nitrogens with two attached hydrogens (primary N) is 1. The lowest BCUT2D eigenvalue weighted by molar-refractivity contribution is -0.117. The predicted molar refractivity (Wildman–Crippen MR) is 87.8 cm³/mol. The smallest absolute Gasteiger partial charge is 0.240 e. The number of carbonyl (C=O) groups is 1. The van der Waals surface area contributed by atoms with E-state index < -0.39 is 6.04 Å². The number of rotatable bonds is 2. The van der Waals surface area contributed by atoms with Crippen LogP contribution < -0.4 is 11.1 Å². The third-order valence-electron chi connectivity index (χ3n) is 2.71. The number of carbonyl (C=O) groups excluding carboxylic acids is 1. The van der Waals surface area contributed by atoms with Crippen LogP contribution in [-0.4, -0.2) is 16.9 Å². The largest absolute Gasteiger partial charge is 0.325 e. The van der Waals surface area contributed by atoms with Crippen LogP contribution in [0.5, 0.6) is 0 Å². The molecule has 1 heterocycles. The van der Waals surface area contributed by atoms with Gasteiger partial charge in [0.05, 0.1) is 21.3 Å². The topological polar surface area (TPSA) is 68.0 Å². The number of anilines is 1. The van der Waals surface area contributed by atoms with Crippen LogP contribution in [0.15, 0.2) is 18.2 Å². The summed E-state index contributed by atoms with van der Waals surface area (Å²) in [5, 5.41) is 3.89. The summed E-state index contributed by atoms with van der Waals surface area (Å²) < 4.78 is 1.08. The standard InChI is InChI=1S/C14H19N3OS.ClH/c1-8(15)12(18)16-9-5-6-10-11(7-9)19-13(17-10)14(2,3)4;/h5-8H,15H2,1-4H3,(H,16,18);1H/t8-;/m1./s1. The Labute approximate surface area is 129 Å². The van der Waals surface area contributed by atoms with E-state index in [2.05, 4.69) is 31.1 Å². The zero-order valence-corrected chi connectivity index (χ0v) is 13.7. The van der Waals surface area contributed by atoms with E-state index in [1.54, 1.807) is 18.3 Å². The van der Waals surface area contributed by atoms with Crippen LogP contribution in [0.2, 0.25) is 0 Å². The number of benzene rings is 1. The number of nitrogens with zero attached hydrogens (tertiary/aromatic N) is 1. The van der Waals surface area contributed by atoms with E-state index >= 15 is 0 Å². The van der Waals surface area contributed by atoms with E-state index in [0.717, 1.165) is 20.9 Å². The van der Waals surface area contributed by atoms with Gasteiger partial charge >= 0.3 is 0 Å². The average molecular weight is 314 g/mol. The summed E-state index contributed by atoms with van der Waals surface area (Å²) in [5.41, 5.74) is 7.31. The Morgan fingerprint density at radius 3 is 2.60 bits per heavy atom. The number of hydrogen-bond acceptors (Lipinski definition) is 4. The lowest BCUT2D eigenvalue weighted by atomic mass is 9.98. The number of aromatic nitrogens is 1. The van der Waals surface area contributed by atoms with Crippen molar-refractivity contribution >= 4 is 45.6 Å². The minimum atomic E-state index is -0.512. The number of thiazole rings is 1. The molecule has 0 aliphatic rings. The van der Waals surface area contributed by atoms with Gasteiger partial charge in [0.25, 0.3) is 0 Å². The molecular weight excluding hydrogens is 294 g/mol. The first-order chi connectivity index (χ1) is 8.77. The van der Waals surface area contributed by atoms with Gasteiger partial charge in [-0.15, -0.1) is 23.7 Å². The first-order valence-corrected chi connectivity index (χ1v) is 7.06. The van der Waals surface area contributed by atoms with Gasteiger partial charge in [0.2, 0.25) is 5.91 Å². The highest BCUT2D eigenvalue weighted by Gasteiger charge is 2.19. The summed E-state index contributed by atoms with van der Waals surface area (Å²) in [6.07, 6.45) is 0. The van der Waals surface area contributed by atoms with Crippen molar-refractivity contribution in [2.45, 2.75) is 39.2 Å². The molecule has 0 radical (unpaired) electrons. The van der Waals surface area contributed by atoms with Gasteiger partial charge < -0.3 is 11.1 Å². The maximum Gasteiger partial charge on any atom is 0.240 e. The average Bonchev–Trinajstić information content (AvgIpc) is 2.71. The number of hydrogen-bond donors (Lipinski definition) is 2. The second kappa shape index (κ2) is 6.08. The van der Waals surface area contributed by atoms with E-state index in [0.29, 0.717) is 0 Å². The molecule has 0 fully saturated rings. The van der Waals surface area contributed by atoms with Crippen LogP contribution in [-0.2, 0) is 10.2 Å². The van der Waals surface area contributed by atoms with Gasteiger partial charge in [-0.3, -0.25) is 4.79 Å². The molecule has 3 N–H and O–H groups in total. The molecular formula is C14H20ClN3OS. The van der Waals surface area contributed by atoms with E-state index in [1.807, 2.05) is 18.2 Å². The molecule has 4 nitrogen and oxygen atoms in total. The first-order valence-electron chi connectivity index (χ1n) is 6.25. The van der Waals surface area contributed by atoms with Gasteiger partial charge in [0.15, 0.2) is 0 Å². The summed E-state index contributed by atoms with van der Waals surface area (Å²) in [6.45, 7) is 8.09. The fourth-order valence-electron chi connectivity index (χ4n) is 1.58. The Kier molecular flexibility index (Phi) is 5.13. The van der Waals surface area contributed by atoms with Crippen molar-refractivity contribution in [1.29, 1.82) is 0 Å². The normalized spacial score (nSPS) is 12.8. The zero-order chi connectivity index (χ0) is 14.2. The Morgan fingerprint density at radius 1 is 1.40 bits per heavy atom. The van der Waals surface area contributed by atoms with E-state index in [4.69, 9.17) is 5.73 Å². The van der Waals surface area contributed by atoms with Gasteiger partial charge in [-0.2, -0.15) is 0 Å². The van der Waals surface area contributed by atoms with Crippen LogP contribution in [0.3, 0.4) is 0 Å². The minimum absolute atomic E-state index is 0. The fourth-order valence-corrected chi connectivity index (χ4v) is 2.64. The van der Waals surface area contributed by atoms with Crippen LogP contribution in [0.4, 0.5) is 5.69 Å². The molecule has 0 aliphatic heterocycles. The van der Waals surface area contributed by atoms with Crippen molar-refractivity contribution in [2.24, 2.45) is 5.73 Å². The van der Waals surface area contributed by atoms with Crippen molar-refractivity contribution < 1.29 is 4.79 Å². The first kappa shape index (κ1) is 16.9. The summed E-state index contributed by atoms with van der Waals surface area (Å²) in [4.78, 5) is 16.2. The Bertz CT molecular complexity index is 616. The third kappa shape index (κ3) is 3.69. The molecule has 2 rings (SSSR count). The summed E-state index contributed by atoms with van der Waals surface area (Å²) >= 11 is 1.66. The quantitative estimate of drug-likeness (QED) is 0.894. The molecule has 6 heteroatoms. The predicted octanol–water partition coefficient (Wildman–Crippen LogP) is 3.30. The lowest BCUT2D eigenvalue weighted by Gasteiger charge is -2.13. The van der Waals surface area contributed by atoms with Crippen molar-refractivity contribution in [3.8, 4) is 0 Å². The zero-order valence-electron chi connectivity index (χ0n) is 12.1. The van der Waals surface area contributed by atoms with E-state index in [1.165, 1.54) is 0 Å². The molecule has 0 bridgehead atoms. The second-order valence-corrected chi connectivity index (χ2v) is 6.76. The van der Waals surface area contributed by atoms with Gasteiger partial charge in [-0.25, -0.2) is 4.98 Å². The fraction of sp³-hybridized carbons (Fsp3) is 0.429. The molecule has 2 aromatic rings. The minimum Gasteiger partial charge on any atom is -0.325 e. The molecule has 110 valence electrons. The SMILES string of the molecule is C[C@@H](N)C(=O)Nc1ccc2nc(C(C)(C)C)sc2c1.Cl. The highest BCUT2D eigenvalue weighted by Crippen LogP contribution is 2.32. The summed E-state index contributed by atoms with van der Waals surface area (Å²) in [5.74, 6) is -0.181. The third-order valence-corrected chi connectivity index (χ3v) is 4.16. The highest BCUT2D eigenvalue weighted by atomic mass is 35.5. The lowest BCUT2D eigenvalue weighted by Crippen LogP contribution is -2.32. The second-order valence-electron chi connectivity index (χ2n) is 5.73. The number of amides is 1. The molecule has 1 aromatic heterocycles. The molecule has 20 heavy (non-hydrogen) atoms. The Morgan fingerprint density at radius 2 is 2.05 bits per heavy atom. The van der Waals surface area contributed by atoms with E-state index in [-0.39, 0.29) is 23.7 Å². The van der Waals surface area contributed by atoms with E-state index in [9.17, 15) is 4.79 Å². The molecule has 0 spiro atoms. The number of halogens is 1. The Hall–Kier alpha value is -1.17.